The lowest BCUT2D eigenvalue weighted by Gasteiger charge is -2.08. The molecule has 0 aliphatic heterocycles. The zero-order valence-corrected chi connectivity index (χ0v) is 11.1. The second-order valence-corrected chi connectivity index (χ2v) is 4.58. The van der Waals surface area contributed by atoms with E-state index in [1.54, 1.807) is 0 Å². The van der Waals surface area contributed by atoms with Gasteiger partial charge in [0.15, 0.2) is 5.15 Å². The number of anilines is 1. The highest BCUT2D eigenvalue weighted by molar-refractivity contribution is 9.10. The predicted octanol–water partition coefficient (Wildman–Crippen LogP) is 3.05. The van der Waals surface area contributed by atoms with Crippen LogP contribution in [0, 0.1) is 0 Å². The summed E-state index contributed by atoms with van der Waals surface area (Å²) in [5.41, 5.74) is 6.95. The molecular formula is C11H9BrClN3O. The number of hydrogen-bond acceptors (Lipinski definition) is 4. The molecule has 0 unspecified atom stereocenters. The fraction of sp³-hybridized carbons (Fsp3) is 0.0909. The van der Waals surface area contributed by atoms with Gasteiger partial charge in [-0.1, -0.05) is 39.7 Å². The summed E-state index contributed by atoms with van der Waals surface area (Å²) in [6.45, 7) is 0.372. The fourth-order valence-electron chi connectivity index (χ4n) is 1.25. The van der Waals surface area contributed by atoms with Gasteiger partial charge in [0.05, 0.1) is 0 Å². The monoisotopic (exact) mass is 313 g/mol. The van der Waals surface area contributed by atoms with Crippen LogP contribution in [-0.4, -0.2) is 9.97 Å². The minimum atomic E-state index is 0.198. The van der Waals surface area contributed by atoms with Crippen molar-refractivity contribution in [2.24, 2.45) is 0 Å². The molecule has 1 aromatic carbocycles. The molecule has 0 radical (unpaired) electrons. The maximum atomic E-state index is 5.76. The van der Waals surface area contributed by atoms with Crippen molar-refractivity contribution < 1.29 is 4.74 Å². The quantitative estimate of drug-likeness (QED) is 0.885. The van der Waals surface area contributed by atoms with E-state index in [-0.39, 0.29) is 10.8 Å². The Hall–Kier alpha value is -1.33. The first-order valence-electron chi connectivity index (χ1n) is 4.80. The maximum Gasteiger partial charge on any atom is 0.242 e. The SMILES string of the molecule is Nc1c(Cl)ncnc1OCc1cccc(Br)c1. The highest BCUT2D eigenvalue weighted by Crippen LogP contribution is 2.25. The first kappa shape index (κ1) is 12.1. The van der Waals surface area contributed by atoms with Crippen molar-refractivity contribution in [2.75, 3.05) is 5.73 Å². The van der Waals surface area contributed by atoms with Gasteiger partial charge in [-0.15, -0.1) is 0 Å². The van der Waals surface area contributed by atoms with Gasteiger partial charge < -0.3 is 10.5 Å². The second kappa shape index (κ2) is 5.33. The topological polar surface area (TPSA) is 61.0 Å². The molecule has 0 aliphatic rings. The molecular weight excluding hydrogens is 305 g/mol. The molecule has 88 valence electrons. The van der Waals surface area contributed by atoms with Crippen molar-refractivity contribution in [3.63, 3.8) is 0 Å². The fourth-order valence-corrected chi connectivity index (χ4v) is 1.82. The van der Waals surface area contributed by atoms with E-state index in [1.165, 1.54) is 6.33 Å². The van der Waals surface area contributed by atoms with Crippen molar-refractivity contribution >= 4 is 33.2 Å². The zero-order valence-electron chi connectivity index (χ0n) is 8.73. The Morgan fingerprint density at radius 2 is 2.18 bits per heavy atom. The molecule has 0 fully saturated rings. The van der Waals surface area contributed by atoms with Crippen molar-refractivity contribution in [3.05, 3.63) is 45.8 Å². The Morgan fingerprint density at radius 1 is 1.35 bits per heavy atom. The highest BCUT2D eigenvalue weighted by Gasteiger charge is 2.07. The van der Waals surface area contributed by atoms with Gasteiger partial charge in [-0.3, -0.25) is 0 Å². The molecule has 0 amide bonds. The summed E-state index contributed by atoms with van der Waals surface area (Å²) < 4.78 is 6.47. The van der Waals surface area contributed by atoms with Gasteiger partial charge >= 0.3 is 0 Å². The van der Waals surface area contributed by atoms with E-state index in [1.807, 2.05) is 24.3 Å². The summed E-state index contributed by atoms with van der Waals surface area (Å²) in [5.74, 6) is 0.296. The van der Waals surface area contributed by atoms with Crippen molar-refractivity contribution in [1.82, 2.24) is 9.97 Å². The van der Waals surface area contributed by atoms with Crippen LogP contribution in [0.5, 0.6) is 5.88 Å². The van der Waals surface area contributed by atoms with Crippen molar-refractivity contribution in [3.8, 4) is 5.88 Å². The van der Waals surface area contributed by atoms with Crippen LogP contribution >= 0.6 is 27.5 Å². The third-order valence-corrected chi connectivity index (χ3v) is 2.86. The molecule has 0 saturated carbocycles. The number of rotatable bonds is 3. The first-order valence-corrected chi connectivity index (χ1v) is 5.97. The van der Waals surface area contributed by atoms with E-state index in [9.17, 15) is 0 Å². The summed E-state index contributed by atoms with van der Waals surface area (Å²) in [5, 5.41) is 0.198. The number of nitrogen functional groups attached to an aromatic ring is 1. The van der Waals surface area contributed by atoms with E-state index < -0.39 is 0 Å². The minimum absolute atomic E-state index is 0.198. The summed E-state index contributed by atoms with van der Waals surface area (Å²) in [4.78, 5) is 7.67. The number of hydrogen-bond donors (Lipinski definition) is 1. The Kier molecular flexibility index (Phi) is 3.81. The Labute approximate surface area is 112 Å². The average molecular weight is 315 g/mol. The largest absolute Gasteiger partial charge is 0.471 e. The van der Waals surface area contributed by atoms with Crippen molar-refractivity contribution in [2.45, 2.75) is 6.61 Å². The molecule has 4 nitrogen and oxygen atoms in total. The van der Waals surface area contributed by atoms with Gasteiger partial charge in [-0.25, -0.2) is 4.98 Å². The first-order chi connectivity index (χ1) is 8.16. The van der Waals surface area contributed by atoms with Gasteiger partial charge in [0.1, 0.15) is 18.6 Å². The molecule has 0 atom stereocenters. The Balaban J connectivity index is 2.10. The predicted molar refractivity (Wildman–Crippen MR) is 69.9 cm³/mol. The van der Waals surface area contributed by atoms with E-state index in [2.05, 4.69) is 25.9 Å². The lowest BCUT2D eigenvalue weighted by molar-refractivity contribution is 0.295. The number of halogens is 2. The van der Waals surface area contributed by atoms with Crippen LogP contribution in [0.25, 0.3) is 0 Å². The molecule has 2 aromatic rings. The lowest BCUT2D eigenvalue weighted by atomic mass is 10.2. The molecule has 1 heterocycles. The summed E-state index contributed by atoms with van der Waals surface area (Å²) in [7, 11) is 0. The normalized spacial score (nSPS) is 10.2. The van der Waals surface area contributed by atoms with Crippen LogP contribution in [0.4, 0.5) is 5.69 Å². The standard InChI is InChI=1S/C11H9BrClN3O/c12-8-3-1-2-7(4-8)5-17-11-9(14)10(13)15-6-16-11/h1-4,6H,5,14H2. The number of ether oxygens (including phenoxy) is 1. The van der Waals surface area contributed by atoms with E-state index in [4.69, 9.17) is 22.1 Å². The molecule has 17 heavy (non-hydrogen) atoms. The molecule has 0 spiro atoms. The number of aromatic nitrogens is 2. The van der Waals surface area contributed by atoms with E-state index in [0.717, 1.165) is 10.0 Å². The van der Waals surface area contributed by atoms with Gasteiger partial charge in [-0.05, 0) is 17.7 Å². The van der Waals surface area contributed by atoms with Crippen LogP contribution in [0.3, 0.4) is 0 Å². The van der Waals surface area contributed by atoms with Crippen LogP contribution in [-0.2, 0) is 6.61 Å². The van der Waals surface area contributed by atoms with Crippen molar-refractivity contribution in [1.29, 1.82) is 0 Å². The maximum absolute atomic E-state index is 5.76. The summed E-state index contributed by atoms with van der Waals surface area (Å²) >= 11 is 9.14. The smallest absolute Gasteiger partial charge is 0.242 e. The molecule has 1 aromatic heterocycles. The Bertz CT molecular complexity index is 536. The van der Waals surface area contributed by atoms with Gasteiger partial charge in [0.25, 0.3) is 0 Å². The number of nitrogens with two attached hydrogens (primary N) is 1. The third-order valence-electron chi connectivity index (χ3n) is 2.06. The van der Waals surface area contributed by atoms with E-state index >= 15 is 0 Å². The Morgan fingerprint density at radius 3 is 2.94 bits per heavy atom. The van der Waals surface area contributed by atoms with E-state index in [0.29, 0.717) is 12.5 Å². The van der Waals surface area contributed by atoms with Crippen LogP contribution in [0.15, 0.2) is 35.1 Å². The zero-order chi connectivity index (χ0) is 12.3. The summed E-state index contributed by atoms with van der Waals surface area (Å²) in [6.07, 6.45) is 1.31. The molecule has 2 rings (SSSR count). The number of benzene rings is 1. The van der Waals surface area contributed by atoms with Gasteiger partial charge in [-0.2, -0.15) is 4.98 Å². The van der Waals surface area contributed by atoms with Gasteiger partial charge in [0, 0.05) is 4.47 Å². The average Bonchev–Trinajstić information content (AvgIpc) is 2.31. The second-order valence-electron chi connectivity index (χ2n) is 3.30. The van der Waals surface area contributed by atoms with Gasteiger partial charge in [0.2, 0.25) is 5.88 Å². The molecule has 0 aliphatic carbocycles. The van der Waals surface area contributed by atoms with Crippen LogP contribution in [0.2, 0.25) is 5.15 Å². The molecule has 0 bridgehead atoms. The molecule has 6 heteroatoms. The highest BCUT2D eigenvalue weighted by atomic mass is 79.9. The molecule has 0 saturated heterocycles. The summed E-state index contributed by atoms with van der Waals surface area (Å²) in [6, 6.07) is 7.78. The lowest BCUT2D eigenvalue weighted by Crippen LogP contribution is -2.02. The van der Waals surface area contributed by atoms with Crippen LogP contribution in [0.1, 0.15) is 5.56 Å². The number of nitrogens with zero attached hydrogens (tertiary/aromatic N) is 2. The molecule has 2 N–H and O–H groups in total. The van der Waals surface area contributed by atoms with Crippen LogP contribution < -0.4 is 10.5 Å². The minimum Gasteiger partial charge on any atom is -0.471 e. The third kappa shape index (κ3) is 3.08.